The molecule has 1 aliphatic rings. The van der Waals surface area contributed by atoms with Gasteiger partial charge in [0.05, 0.1) is 12.5 Å². The Bertz CT molecular complexity index is 747. The molecular formula is C30H55N3O6. The molecule has 3 amide bonds. The van der Waals surface area contributed by atoms with Crippen LogP contribution < -0.4 is 10.6 Å². The Hall–Kier alpha value is -2.84. The normalized spacial score (nSPS) is 15.7. The van der Waals surface area contributed by atoms with Crippen LogP contribution >= 0.6 is 0 Å². The number of allylic oxidation sites excluding steroid dienone is 2. The van der Waals surface area contributed by atoms with E-state index < -0.39 is 17.7 Å². The van der Waals surface area contributed by atoms with Gasteiger partial charge in [0.2, 0.25) is 11.8 Å². The first-order chi connectivity index (χ1) is 18.3. The fraction of sp³-hybridized carbons (Fsp3) is 0.733. The summed E-state index contributed by atoms with van der Waals surface area (Å²) in [4.78, 5) is 47.8. The standard InChI is InChI=1S/C13H23N3O4.C10H18O2.C7H14/c1-13(2,3)20-12(19)15-8-10(17)16-7-5-6-9(16)11(18)14-4;1-5-8(3)7-9(4)10(11)12-6-2;1-3-5-7-6-4-2/h9H,5-8H2,1-4H3,(H,14,18)(H,15,19);5,8-9H,1,6-7H2,2-4H3;3H,1,4-7H2,2H3. The van der Waals surface area contributed by atoms with Crippen LogP contribution in [0.1, 0.15) is 93.4 Å². The van der Waals surface area contributed by atoms with Gasteiger partial charge in [-0.3, -0.25) is 14.4 Å². The zero-order valence-electron chi connectivity index (χ0n) is 25.8. The molecule has 39 heavy (non-hydrogen) atoms. The van der Waals surface area contributed by atoms with Gasteiger partial charge in [0, 0.05) is 13.6 Å². The summed E-state index contributed by atoms with van der Waals surface area (Å²) in [7, 11) is 1.54. The van der Waals surface area contributed by atoms with E-state index in [9.17, 15) is 19.2 Å². The van der Waals surface area contributed by atoms with Crippen LogP contribution in [0.15, 0.2) is 25.3 Å². The second-order valence-corrected chi connectivity index (χ2v) is 10.6. The number of nitrogens with zero attached hydrogens (tertiary/aromatic N) is 1. The third kappa shape index (κ3) is 19.8. The lowest BCUT2D eigenvalue weighted by Gasteiger charge is -2.24. The average molecular weight is 554 g/mol. The van der Waals surface area contributed by atoms with E-state index in [1.165, 1.54) is 30.6 Å². The van der Waals surface area contributed by atoms with Gasteiger partial charge in [-0.25, -0.2) is 4.79 Å². The van der Waals surface area contributed by atoms with Crippen LogP contribution in [0.4, 0.5) is 4.79 Å². The van der Waals surface area contributed by atoms with Gasteiger partial charge in [-0.15, -0.1) is 13.2 Å². The Morgan fingerprint density at radius 3 is 2.23 bits per heavy atom. The van der Waals surface area contributed by atoms with E-state index in [2.05, 4.69) is 30.7 Å². The number of amides is 3. The number of rotatable bonds is 12. The lowest BCUT2D eigenvalue weighted by Crippen LogP contribution is -2.48. The SMILES string of the molecule is C=CC(C)CC(C)C(=O)OCC.C=CCCCCC.CNC(=O)C1CCCN1C(=O)CNC(=O)OC(C)(C)C. The summed E-state index contributed by atoms with van der Waals surface area (Å²) in [5.74, 6) is -0.191. The minimum Gasteiger partial charge on any atom is -0.466 e. The van der Waals surface area contributed by atoms with Crippen molar-refractivity contribution >= 4 is 23.9 Å². The number of unbranched alkanes of at least 4 members (excludes halogenated alkanes) is 3. The van der Waals surface area contributed by atoms with Crippen molar-refractivity contribution < 1.29 is 28.7 Å². The molecule has 0 spiro atoms. The monoisotopic (exact) mass is 553 g/mol. The summed E-state index contributed by atoms with van der Waals surface area (Å²) in [6.07, 6.45) is 10.6. The number of likely N-dealkylation sites (N-methyl/N-ethyl adjacent to an activating group) is 1. The van der Waals surface area contributed by atoms with E-state index in [0.717, 1.165) is 12.8 Å². The highest BCUT2D eigenvalue weighted by Gasteiger charge is 2.33. The Kier molecular flexibility index (Phi) is 21.6. The molecule has 3 atom stereocenters. The molecule has 9 nitrogen and oxygen atoms in total. The molecule has 9 heteroatoms. The van der Waals surface area contributed by atoms with Gasteiger partial charge >= 0.3 is 12.1 Å². The molecule has 1 saturated heterocycles. The van der Waals surface area contributed by atoms with Gasteiger partial charge < -0.3 is 25.0 Å². The molecule has 2 N–H and O–H groups in total. The van der Waals surface area contributed by atoms with Gasteiger partial charge in [0.1, 0.15) is 18.2 Å². The largest absolute Gasteiger partial charge is 0.466 e. The topological polar surface area (TPSA) is 114 Å². The number of likely N-dealkylation sites (tertiary alicyclic amines) is 1. The average Bonchev–Trinajstić information content (AvgIpc) is 3.37. The van der Waals surface area contributed by atoms with Crippen molar-refractivity contribution in [2.75, 3.05) is 26.7 Å². The molecule has 1 fully saturated rings. The highest BCUT2D eigenvalue weighted by molar-refractivity contribution is 5.89. The van der Waals surface area contributed by atoms with Crippen molar-refractivity contribution in [1.82, 2.24) is 15.5 Å². The Labute approximate surface area is 237 Å². The van der Waals surface area contributed by atoms with Gasteiger partial charge in [-0.2, -0.15) is 0 Å². The minimum atomic E-state index is -0.637. The van der Waals surface area contributed by atoms with Crippen LogP contribution in [0.2, 0.25) is 0 Å². The molecule has 0 aromatic heterocycles. The first kappa shape index (κ1) is 38.3. The molecule has 226 valence electrons. The Balaban J connectivity index is 0. The van der Waals surface area contributed by atoms with Crippen LogP contribution in [0, 0.1) is 11.8 Å². The summed E-state index contributed by atoms with van der Waals surface area (Å²) >= 11 is 0. The van der Waals surface area contributed by atoms with E-state index in [0.29, 0.717) is 25.5 Å². The highest BCUT2D eigenvalue weighted by atomic mass is 16.6. The molecule has 0 saturated carbocycles. The summed E-state index contributed by atoms with van der Waals surface area (Å²) in [5, 5.41) is 4.95. The second kappa shape index (κ2) is 22.0. The third-order valence-electron chi connectivity index (χ3n) is 5.73. The number of carbonyl (C=O) groups excluding carboxylic acids is 4. The van der Waals surface area contributed by atoms with Crippen molar-refractivity contribution in [3.05, 3.63) is 25.3 Å². The maximum absolute atomic E-state index is 12.0. The smallest absolute Gasteiger partial charge is 0.408 e. The van der Waals surface area contributed by atoms with Gasteiger partial charge in [-0.1, -0.05) is 45.8 Å². The summed E-state index contributed by atoms with van der Waals surface area (Å²) in [6.45, 7) is 21.3. The maximum atomic E-state index is 12.0. The molecule has 0 radical (unpaired) electrons. The number of esters is 1. The molecule has 0 aromatic rings. The zero-order valence-corrected chi connectivity index (χ0v) is 25.8. The summed E-state index contributed by atoms with van der Waals surface area (Å²) in [6, 6.07) is -0.437. The van der Waals surface area contributed by atoms with Crippen molar-refractivity contribution in [2.24, 2.45) is 11.8 Å². The highest BCUT2D eigenvalue weighted by Crippen LogP contribution is 2.17. The number of carbonyl (C=O) groups is 4. The number of alkyl carbamates (subject to hydrolysis) is 1. The number of hydrogen-bond donors (Lipinski definition) is 2. The van der Waals surface area contributed by atoms with Crippen molar-refractivity contribution in [2.45, 2.75) is 105 Å². The van der Waals surface area contributed by atoms with Gasteiger partial charge in [0.25, 0.3) is 0 Å². The Morgan fingerprint density at radius 1 is 1.10 bits per heavy atom. The second-order valence-electron chi connectivity index (χ2n) is 10.6. The lowest BCUT2D eigenvalue weighted by molar-refractivity contribution is -0.147. The predicted molar refractivity (Wildman–Crippen MR) is 157 cm³/mol. The van der Waals surface area contributed by atoms with Gasteiger partial charge in [-0.05, 0) is 65.7 Å². The van der Waals surface area contributed by atoms with E-state index >= 15 is 0 Å². The quantitative estimate of drug-likeness (QED) is 0.190. The first-order valence-corrected chi connectivity index (χ1v) is 14.2. The van der Waals surface area contributed by atoms with Crippen LogP contribution in [-0.2, 0) is 23.9 Å². The third-order valence-corrected chi connectivity index (χ3v) is 5.73. The lowest BCUT2D eigenvalue weighted by atomic mass is 9.98. The van der Waals surface area contributed by atoms with E-state index in [1.54, 1.807) is 27.8 Å². The van der Waals surface area contributed by atoms with Crippen molar-refractivity contribution in [1.29, 1.82) is 0 Å². The molecule has 0 aliphatic carbocycles. The van der Waals surface area contributed by atoms with Gasteiger partial charge in [0.15, 0.2) is 0 Å². The number of hydrogen-bond acceptors (Lipinski definition) is 6. The van der Waals surface area contributed by atoms with Crippen LogP contribution in [0.5, 0.6) is 0 Å². The summed E-state index contributed by atoms with van der Waals surface area (Å²) < 4.78 is 9.92. The van der Waals surface area contributed by atoms with Crippen molar-refractivity contribution in [3.8, 4) is 0 Å². The first-order valence-electron chi connectivity index (χ1n) is 14.2. The zero-order chi connectivity index (χ0) is 30.4. The van der Waals surface area contributed by atoms with Crippen LogP contribution in [0.3, 0.4) is 0 Å². The maximum Gasteiger partial charge on any atom is 0.408 e. The van der Waals surface area contributed by atoms with Crippen LogP contribution in [-0.4, -0.2) is 67.2 Å². The molecule has 0 bridgehead atoms. The Morgan fingerprint density at radius 2 is 1.74 bits per heavy atom. The molecule has 0 aromatic carbocycles. The van der Waals surface area contributed by atoms with Crippen molar-refractivity contribution in [3.63, 3.8) is 0 Å². The van der Waals surface area contributed by atoms with E-state index in [1.807, 2.05) is 32.9 Å². The fourth-order valence-electron chi connectivity index (χ4n) is 3.64. The van der Waals surface area contributed by atoms with E-state index in [-0.39, 0.29) is 30.2 Å². The minimum absolute atomic E-state index is 0.0158. The predicted octanol–water partition coefficient (Wildman–Crippen LogP) is 5.40. The molecule has 1 heterocycles. The summed E-state index contributed by atoms with van der Waals surface area (Å²) in [5.41, 5.74) is -0.606. The molecule has 3 unspecified atom stereocenters. The number of ether oxygens (including phenoxy) is 2. The van der Waals surface area contributed by atoms with E-state index in [4.69, 9.17) is 9.47 Å². The molecular weight excluding hydrogens is 498 g/mol. The number of nitrogens with one attached hydrogen (secondary N) is 2. The van der Waals surface area contributed by atoms with Crippen LogP contribution in [0.25, 0.3) is 0 Å². The fourth-order valence-corrected chi connectivity index (χ4v) is 3.64. The molecule has 1 rings (SSSR count). The molecule has 1 aliphatic heterocycles.